The number of aryl methyl sites for hydroxylation is 2. The summed E-state index contributed by atoms with van der Waals surface area (Å²) in [5, 5.41) is 8.12. The van der Waals surface area contributed by atoms with Crippen molar-refractivity contribution in [2.45, 2.75) is 46.4 Å². The van der Waals surface area contributed by atoms with Crippen molar-refractivity contribution in [2.24, 2.45) is 7.05 Å². The third-order valence-electron chi connectivity index (χ3n) is 4.04. The first-order chi connectivity index (χ1) is 10.1. The van der Waals surface area contributed by atoms with E-state index in [4.69, 9.17) is 0 Å². The number of hydrogen-bond acceptors (Lipinski definition) is 4. The smallest absolute Gasteiger partial charge is 0.131 e. The van der Waals surface area contributed by atoms with Gasteiger partial charge in [-0.05, 0) is 6.92 Å². The van der Waals surface area contributed by atoms with Crippen molar-refractivity contribution in [3.8, 4) is 0 Å². The van der Waals surface area contributed by atoms with E-state index < -0.39 is 0 Å². The van der Waals surface area contributed by atoms with Gasteiger partial charge in [0.15, 0.2) is 0 Å². The molecule has 0 atom stereocenters. The second-order valence-electron chi connectivity index (χ2n) is 6.01. The molecule has 3 heterocycles. The van der Waals surface area contributed by atoms with Gasteiger partial charge in [0, 0.05) is 50.7 Å². The van der Waals surface area contributed by atoms with Crippen LogP contribution in [0.3, 0.4) is 0 Å². The zero-order chi connectivity index (χ0) is 15.0. The molecule has 1 aliphatic rings. The predicted octanol–water partition coefficient (Wildman–Crippen LogP) is 1.44. The molecule has 114 valence electrons. The van der Waals surface area contributed by atoms with Crippen molar-refractivity contribution in [2.75, 3.05) is 11.4 Å². The average Bonchev–Trinajstić information content (AvgIpc) is 2.99. The van der Waals surface area contributed by atoms with E-state index in [0.29, 0.717) is 6.04 Å². The lowest BCUT2D eigenvalue weighted by Crippen LogP contribution is -2.36. The van der Waals surface area contributed by atoms with Crippen LogP contribution in [0, 0.1) is 6.92 Å². The molecule has 1 aliphatic heterocycles. The van der Waals surface area contributed by atoms with Gasteiger partial charge in [0.1, 0.15) is 11.6 Å². The van der Waals surface area contributed by atoms with Crippen LogP contribution in [0.15, 0.2) is 12.4 Å². The summed E-state index contributed by atoms with van der Waals surface area (Å²) in [5.74, 6) is 2.35. The Kier molecular flexibility index (Phi) is 3.71. The molecule has 0 fully saturated rings. The van der Waals surface area contributed by atoms with E-state index in [0.717, 1.165) is 37.7 Å². The van der Waals surface area contributed by atoms with Crippen LogP contribution in [-0.4, -0.2) is 31.9 Å². The van der Waals surface area contributed by atoms with Crippen molar-refractivity contribution in [3.63, 3.8) is 0 Å². The topological polar surface area (TPSA) is 50.9 Å². The predicted molar refractivity (Wildman–Crippen MR) is 83.2 cm³/mol. The van der Waals surface area contributed by atoms with E-state index >= 15 is 0 Å². The summed E-state index contributed by atoms with van der Waals surface area (Å²) < 4.78 is 4.23. The fourth-order valence-corrected chi connectivity index (χ4v) is 2.95. The van der Waals surface area contributed by atoms with E-state index in [9.17, 15) is 0 Å². The molecule has 0 aliphatic carbocycles. The monoisotopic (exact) mass is 288 g/mol. The number of hydrogen-bond donors (Lipinski definition) is 1. The fraction of sp³-hybridized carbons (Fsp3) is 0.600. The molecule has 2 aromatic heterocycles. The normalized spacial score (nSPS) is 14.8. The maximum atomic E-state index is 4.62. The second kappa shape index (κ2) is 5.52. The molecule has 2 aromatic rings. The lowest BCUT2D eigenvalue weighted by molar-refractivity contribution is 0.540. The highest BCUT2D eigenvalue weighted by Gasteiger charge is 2.23. The maximum absolute atomic E-state index is 4.62. The Bertz CT molecular complexity index is 624. The molecule has 3 rings (SSSR count). The van der Waals surface area contributed by atoms with Crippen LogP contribution in [0.1, 0.15) is 30.9 Å². The number of anilines is 1. The first kappa shape index (κ1) is 14.1. The molecule has 1 N–H and O–H groups in total. The molecule has 0 saturated heterocycles. The number of imidazole rings is 1. The zero-order valence-corrected chi connectivity index (χ0v) is 13.3. The summed E-state index contributed by atoms with van der Waals surface area (Å²) in [6, 6.07) is 0.470. The van der Waals surface area contributed by atoms with Gasteiger partial charge in [-0.1, -0.05) is 13.8 Å². The van der Waals surface area contributed by atoms with Gasteiger partial charge in [0.05, 0.1) is 12.2 Å². The van der Waals surface area contributed by atoms with Crippen molar-refractivity contribution < 1.29 is 0 Å². The lowest BCUT2D eigenvalue weighted by Gasteiger charge is -2.30. The zero-order valence-electron chi connectivity index (χ0n) is 13.3. The quantitative estimate of drug-likeness (QED) is 0.925. The first-order valence-corrected chi connectivity index (χ1v) is 7.57. The van der Waals surface area contributed by atoms with E-state index in [2.05, 4.69) is 51.8 Å². The number of nitrogens with one attached hydrogen (secondary N) is 1. The minimum Gasteiger partial charge on any atom is -0.347 e. The largest absolute Gasteiger partial charge is 0.347 e. The van der Waals surface area contributed by atoms with Crippen molar-refractivity contribution >= 4 is 5.82 Å². The minimum atomic E-state index is 0.470. The van der Waals surface area contributed by atoms with Crippen LogP contribution >= 0.6 is 0 Å². The fourth-order valence-electron chi connectivity index (χ4n) is 2.95. The molecule has 0 unspecified atom stereocenters. The third-order valence-corrected chi connectivity index (χ3v) is 4.04. The van der Waals surface area contributed by atoms with Crippen molar-refractivity contribution in [3.05, 3.63) is 29.5 Å². The molecule has 0 saturated carbocycles. The average molecular weight is 288 g/mol. The van der Waals surface area contributed by atoms with Gasteiger partial charge in [-0.25, -0.2) is 4.98 Å². The van der Waals surface area contributed by atoms with Gasteiger partial charge < -0.3 is 14.8 Å². The van der Waals surface area contributed by atoms with Crippen molar-refractivity contribution in [1.82, 2.24) is 24.6 Å². The number of nitrogens with zero attached hydrogens (tertiary/aromatic N) is 5. The molecule has 0 aromatic carbocycles. The molecule has 6 nitrogen and oxygen atoms in total. The highest BCUT2D eigenvalue weighted by Crippen LogP contribution is 2.26. The number of aromatic nitrogens is 4. The molecule has 0 bridgehead atoms. The van der Waals surface area contributed by atoms with Crippen LogP contribution in [0.5, 0.6) is 0 Å². The van der Waals surface area contributed by atoms with E-state index in [1.165, 1.54) is 11.4 Å². The first-order valence-electron chi connectivity index (χ1n) is 7.57. The van der Waals surface area contributed by atoms with Gasteiger partial charge in [-0.2, -0.15) is 5.10 Å². The molecule has 0 radical (unpaired) electrons. The van der Waals surface area contributed by atoms with E-state index in [1.807, 2.05) is 17.9 Å². The SMILES string of the molecule is Cc1nn(C)c(N2CCn3ccnc3C2)c1CNC(C)C. The summed E-state index contributed by atoms with van der Waals surface area (Å²) in [5.41, 5.74) is 2.40. The highest BCUT2D eigenvalue weighted by molar-refractivity contribution is 5.50. The number of rotatable bonds is 4. The Morgan fingerprint density at radius 2 is 2.14 bits per heavy atom. The van der Waals surface area contributed by atoms with Crippen LogP contribution in [0.2, 0.25) is 0 Å². The molecule has 0 spiro atoms. The Morgan fingerprint density at radius 3 is 2.90 bits per heavy atom. The minimum absolute atomic E-state index is 0.470. The summed E-state index contributed by atoms with van der Waals surface area (Å²) in [6.07, 6.45) is 3.94. The molecular weight excluding hydrogens is 264 g/mol. The van der Waals surface area contributed by atoms with Gasteiger partial charge >= 0.3 is 0 Å². The van der Waals surface area contributed by atoms with Gasteiger partial charge in [-0.15, -0.1) is 0 Å². The summed E-state index contributed by atoms with van der Waals surface area (Å²) >= 11 is 0. The van der Waals surface area contributed by atoms with E-state index in [-0.39, 0.29) is 0 Å². The molecular formula is C15H24N6. The number of fused-ring (bicyclic) bond motifs is 1. The summed E-state index contributed by atoms with van der Waals surface area (Å²) in [7, 11) is 2.03. The third kappa shape index (κ3) is 2.68. The Labute approximate surface area is 125 Å². The summed E-state index contributed by atoms with van der Waals surface area (Å²) in [6.45, 7) is 10.1. The van der Waals surface area contributed by atoms with Gasteiger partial charge in [-0.3, -0.25) is 4.68 Å². The van der Waals surface area contributed by atoms with Gasteiger partial charge in [0.2, 0.25) is 0 Å². The lowest BCUT2D eigenvalue weighted by atomic mass is 10.2. The Hall–Kier alpha value is -1.82. The Balaban J connectivity index is 1.88. The summed E-state index contributed by atoms with van der Waals surface area (Å²) in [4.78, 5) is 6.84. The maximum Gasteiger partial charge on any atom is 0.131 e. The van der Waals surface area contributed by atoms with Crippen LogP contribution in [0.4, 0.5) is 5.82 Å². The standard InChI is InChI=1S/C15H24N6/c1-11(2)17-9-13-12(3)18-19(4)15(13)21-8-7-20-6-5-16-14(20)10-21/h5-6,11,17H,7-10H2,1-4H3. The molecule has 6 heteroatoms. The van der Waals surface area contributed by atoms with Gasteiger partial charge in [0.25, 0.3) is 0 Å². The van der Waals surface area contributed by atoms with E-state index in [1.54, 1.807) is 0 Å². The van der Waals surface area contributed by atoms with Crippen molar-refractivity contribution in [1.29, 1.82) is 0 Å². The van der Waals surface area contributed by atoms with Crippen LogP contribution < -0.4 is 10.2 Å². The molecule has 21 heavy (non-hydrogen) atoms. The molecule has 0 amide bonds. The van der Waals surface area contributed by atoms with Crippen LogP contribution in [0.25, 0.3) is 0 Å². The highest BCUT2D eigenvalue weighted by atomic mass is 15.4. The second-order valence-corrected chi connectivity index (χ2v) is 6.01. The Morgan fingerprint density at radius 1 is 1.33 bits per heavy atom. The van der Waals surface area contributed by atoms with Crippen LogP contribution in [-0.2, 0) is 26.7 Å².